The van der Waals surface area contributed by atoms with Gasteiger partial charge in [-0.3, -0.25) is 4.79 Å². The smallest absolute Gasteiger partial charge is 0.157 e. The van der Waals surface area contributed by atoms with Crippen molar-refractivity contribution in [2.45, 2.75) is 31.2 Å². The van der Waals surface area contributed by atoms with Crippen LogP contribution in [0, 0.1) is 0 Å². The zero-order valence-corrected chi connectivity index (χ0v) is 10.7. The molecule has 4 heteroatoms. The third kappa shape index (κ3) is 2.49. The first-order valence-electron chi connectivity index (χ1n) is 7.68. The largest absolute Gasteiger partial charge is 0.304 e. The highest BCUT2D eigenvalue weighted by Crippen LogP contribution is 2.37. The van der Waals surface area contributed by atoms with Gasteiger partial charge in [-0.2, -0.15) is 0 Å². The van der Waals surface area contributed by atoms with Crippen LogP contribution in [0.25, 0.3) is 0 Å². The molecule has 0 aromatic heterocycles. The molecule has 0 bridgehead atoms. The Morgan fingerprint density at radius 2 is 2.24 bits per heavy atom. The molecule has 94 valence electrons. The van der Waals surface area contributed by atoms with Gasteiger partial charge in [-0.15, -0.1) is 12.4 Å². The van der Waals surface area contributed by atoms with E-state index >= 15 is 0 Å². The molecule has 0 radical (unpaired) electrons. The Kier molecular flexibility index (Phi) is 2.93. The molecule has 0 heterocycles. The molecule has 1 saturated carbocycles. The van der Waals surface area contributed by atoms with Crippen LogP contribution in [0.3, 0.4) is 0 Å². The van der Waals surface area contributed by atoms with Gasteiger partial charge in [0.1, 0.15) is 5.54 Å². The molecule has 1 aromatic carbocycles. The van der Waals surface area contributed by atoms with Crippen LogP contribution < -0.4 is 5.32 Å². The average Bonchev–Trinajstić information content (AvgIpc) is 2.34. The predicted octanol–water partition coefficient (Wildman–Crippen LogP) is 3.32. The molecule has 0 spiro atoms. The summed E-state index contributed by atoms with van der Waals surface area (Å²) in [5, 5.41) is 2.61. The van der Waals surface area contributed by atoms with Gasteiger partial charge in [0, 0.05) is 18.2 Å². The molecule has 2 nitrogen and oxygen atoms in total. The topological polar surface area (TPSA) is 29.1 Å². The fourth-order valence-corrected chi connectivity index (χ4v) is 2.37. The zero-order valence-electron chi connectivity index (χ0n) is 14.1. The molecule has 0 amide bonds. The summed E-state index contributed by atoms with van der Waals surface area (Å²) in [5.74, 6) is -0.773. The Hall–Kier alpha value is -0.570. The summed E-state index contributed by atoms with van der Waals surface area (Å²) in [6.07, 6.45) is -1.39. The maximum atomic E-state index is 12.7. The quantitative estimate of drug-likeness (QED) is 0.899. The summed E-state index contributed by atoms with van der Waals surface area (Å²) in [5.41, 5.74) is -1.30. The van der Waals surface area contributed by atoms with Gasteiger partial charge in [0.05, 0.1) is 0 Å². The van der Waals surface area contributed by atoms with Crippen molar-refractivity contribution < 1.29 is 11.6 Å². The van der Waals surface area contributed by atoms with Crippen LogP contribution in [0.2, 0.25) is 5.02 Å². The van der Waals surface area contributed by atoms with E-state index < -0.39 is 24.7 Å². The Bertz CT molecular complexity index is 564. The standard InChI is InChI=1S/C13H16ClNO.ClH/c1-15-13(9-5-4-8-12(13)16)10-6-2-3-7-11(10)14;/h2-3,6-7,15H,4-5,8-9H2,1H3;1H/t13-;/m0./s1/i1D3,8D2;. The van der Waals surface area contributed by atoms with E-state index in [2.05, 4.69) is 5.32 Å². The lowest BCUT2D eigenvalue weighted by molar-refractivity contribution is -0.127. The number of halogens is 2. The molecule has 1 fully saturated rings. The van der Waals surface area contributed by atoms with Crippen molar-refractivity contribution in [2.75, 3.05) is 6.98 Å². The highest BCUT2D eigenvalue weighted by molar-refractivity contribution is 6.31. The number of Topliss-reactive ketones (excluding diaryl/α,β-unsaturated/α-hetero) is 1. The van der Waals surface area contributed by atoms with E-state index in [1.54, 1.807) is 24.3 Å². The third-order valence-electron chi connectivity index (χ3n) is 2.95. The molecule has 17 heavy (non-hydrogen) atoms. The number of rotatable bonds is 2. The number of hydrogen-bond donors (Lipinski definition) is 1. The number of ketones is 1. The van der Waals surface area contributed by atoms with E-state index in [1.807, 2.05) is 0 Å². The second-order valence-electron chi connectivity index (χ2n) is 3.87. The Morgan fingerprint density at radius 1 is 1.47 bits per heavy atom. The predicted molar refractivity (Wildman–Crippen MR) is 72.9 cm³/mol. The first-order chi connectivity index (χ1) is 9.58. The minimum absolute atomic E-state index is 0. The van der Waals surface area contributed by atoms with E-state index in [0.717, 1.165) is 0 Å². The highest BCUT2D eigenvalue weighted by Gasteiger charge is 2.40. The van der Waals surface area contributed by atoms with Crippen molar-refractivity contribution in [3.8, 4) is 0 Å². The van der Waals surface area contributed by atoms with Crippen molar-refractivity contribution in [1.82, 2.24) is 5.32 Å². The van der Waals surface area contributed by atoms with E-state index in [9.17, 15) is 4.79 Å². The molecule has 1 aliphatic rings. The summed E-state index contributed by atoms with van der Waals surface area (Å²) in [7, 11) is 0. The number of hydrogen-bond acceptors (Lipinski definition) is 2. The monoisotopic (exact) mass is 278 g/mol. The van der Waals surface area contributed by atoms with Crippen LogP contribution in [0.15, 0.2) is 24.3 Å². The molecule has 1 N–H and O–H groups in total. The molecular weight excluding hydrogens is 257 g/mol. The van der Waals surface area contributed by atoms with E-state index in [0.29, 0.717) is 12.0 Å². The molecular formula is C13H17Cl2NO. The lowest BCUT2D eigenvalue weighted by Crippen LogP contribution is -2.49. The zero-order chi connectivity index (χ0) is 15.9. The fraction of sp³-hybridized carbons (Fsp3) is 0.462. The van der Waals surface area contributed by atoms with Crippen LogP contribution in [-0.4, -0.2) is 12.8 Å². The Labute approximate surface area is 120 Å². The van der Waals surface area contributed by atoms with Crippen LogP contribution in [-0.2, 0) is 10.3 Å². The fourth-order valence-electron chi connectivity index (χ4n) is 2.07. The number of likely N-dealkylation sites (N-methyl/N-ethyl adjacent to an activating group) is 1. The molecule has 1 aliphatic carbocycles. The molecule has 0 aliphatic heterocycles. The minimum atomic E-state index is -2.58. The van der Waals surface area contributed by atoms with Crippen molar-refractivity contribution in [3.63, 3.8) is 0 Å². The maximum absolute atomic E-state index is 12.7. The van der Waals surface area contributed by atoms with Crippen LogP contribution in [0.1, 0.15) is 38.1 Å². The molecule has 2 rings (SSSR count). The molecule has 0 unspecified atom stereocenters. The summed E-state index contributed by atoms with van der Waals surface area (Å²) in [6.45, 7) is -2.58. The van der Waals surface area contributed by atoms with Crippen LogP contribution >= 0.6 is 24.0 Å². The van der Waals surface area contributed by atoms with E-state index in [-0.39, 0.29) is 30.3 Å². The second-order valence-corrected chi connectivity index (χ2v) is 4.28. The Balaban J connectivity index is 0.00000242. The number of carbonyl (C=O) groups excluding carboxylic acids is 1. The Morgan fingerprint density at radius 3 is 2.94 bits per heavy atom. The van der Waals surface area contributed by atoms with Crippen LogP contribution in [0.4, 0.5) is 0 Å². The van der Waals surface area contributed by atoms with E-state index in [1.165, 1.54) is 0 Å². The minimum Gasteiger partial charge on any atom is -0.304 e. The van der Waals surface area contributed by atoms with Crippen molar-refractivity contribution >= 4 is 29.8 Å². The summed E-state index contributed by atoms with van der Waals surface area (Å²) in [4.78, 5) is 12.7. The molecule has 0 saturated heterocycles. The van der Waals surface area contributed by atoms with Crippen molar-refractivity contribution in [2.24, 2.45) is 0 Å². The second kappa shape index (κ2) is 5.85. The average molecular weight is 279 g/mol. The maximum Gasteiger partial charge on any atom is 0.157 e. The lowest BCUT2D eigenvalue weighted by Gasteiger charge is -2.36. The molecule has 1 aromatic rings. The lowest BCUT2D eigenvalue weighted by atomic mass is 9.75. The first kappa shape index (κ1) is 8.52. The number of nitrogens with one attached hydrogen (secondary N) is 1. The third-order valence-corrected chi connectivity index (χ3v) is 3.28. The van der Waals surface area contributed by atoms with Gasteiger partial charge in [-0.1, -0.05) is 36.2 Å². The van der Waals surface area contributed by atoms with Gasteiger partial charge in [-0.25, -0.2) is 0 Å². The summed E-state index contributed by atoms with van der Waals surface area (Å²) >= 11 is 6.14. The summed E-state index contributed by atoms with van der Waals surface area (Å²) in [6, 6.07) is 6.47. The van der Waals surface area contributed by atoms with Gasteiger partial charge in [0.25, 0.3) is 0 Å². The first-order valence-corrected chi connectivity index (χ1v) is 5.56. The molecule has 1 atom stereocenters. The van der Waals surface area contributed by atoms with E-state index in [4.69, 9.17) is 18.5 Å². The van der Waals surface area contributed by atoms with Crippen molar-refractivity contribution in [1.29, 1.82) is 0 Å². The van der Waals surface area contributed by atoms with Gasteiger partial charge in [0.2, 0.25) is 0 Å². The SMILES string of the molecule is Cl.[2H]C([2H])([2H])N[C@]1(c2ccccc2Cl)CCCC([2H])([2H])C1=O. The normalized spacial score (nSPS) is 32.3. The van der Waals surface area contributed by atoms with Gasteiger partial charge in [-0.05, 0) is 31.4 Å². The summed E-state index contributed by atoms with van der Waals surface area (Å²) < 4.78 is 38.0. The van der Waals surface area contributed by atoms with Crippen LogP contribution in [0.5, 0.6) is 0 Å². The van der Waals surface area contributed by atoms with Crippen molar-refractivity contribution in [3.05, 3.63) is 34.9 Å². The van der Waals surface area contributed by atoms with Gasteiger partial charge >= 0.3 is 0 Å². The number of carbonyl (C=O) groups is 1. The highest BCUT2D eigenvalue weighted by atomic mass is 35.5. The number of benzene rings is 1. The van der Waals surface area contributed by atoms with Gasteiger partial charge < -0.3 is 5.32 Å². The van der Waals surface area contributed by atoms with Gasteiger partial charge in [0.15, 0.2) is 5.78 Å².